The molecule has 0 spiro atoms. The molecule has 0 saturated heterocycles. The number of fused-ring (bicyclic) bond motifs is 5. The minimum atomic E-state index is -1.80. The summed E-state index contributed by atoms with van der Waals surface area (Å²) < 4.78 is 6.98. The van der Waals surface area contributed by atoms with Crippen molar-refractivity contribution in [2.24, 2.45) is 0 Å². The summed E-state index contributed by atoms with van der Waals surface area (Å²) in [4.78, 5) is 31.1. The molecule has 3 aliphatic rings. The van der Waals surface area contributed by atoms with E-state index in [0.29, 0.717) is 29.3 Å². The highest BCUT2D eigenvalue weighted by Crippen LogP contribution is 2.44. The first-order valence-electron chi connectivity index (χ1n) is 12.6. The second kappa shape index (κ2) is 8.05. The molecule has 2 aromatic heterocycles. The van der Waals surface area contributed by atoms with Crippen molar-refractivity contribution in [3.63, 3.8) is 0 Å². The summed E-state index contributed by atoms with van der Waals surface area (Å²) in [7, 11) is 0. The van der Waals surface area contributed by atoms with Crippen LogP contribution in [0.3, 0.4) is 0 Å². The molecule has 6 rings (SSSR count). The van der Waals surface area contributed by atoms with Crippen LogP contribution in [0.2, 0.25) is 0 Å². The Hall–Kier alpha value is -2.99. The summed E-state index contributed by atoms with van der Waals surface area (Å²) >= 11 is 0. The molecule has 0 radical (unpaired) electrons. The minimum absolute atomic E-state index is 0.100. The van der Waals surface area contributed by atoms with E-state index < -0.39 is 11.6 Å². The highest BCUT2D eigenvalue weighted by Gasteiger charge is 2.45. The van der Waals surface area contributed by atoms with Crippen molar-refractivity contribution < 1.29 is 14.6 Å². The Morgan fingerprint density at radius 1 is 1.09 bits per heavy atom. The number of pyridine rings is 2. The number of carbonyl (C=O) groups excluding carboxylic acids is 1. The monoisotopic (exact) mass is 458 g/mol. The number of aliphatic hydroxyl groups is 1. The number of para-hydroxylation sites is 1. The number of benzene rings is 1. The smallest absolute Gasteiger partial charge is 0.343 e. The first-order valence-corrected chi connectivity index (χ1v) is 12.6. The Morgan fingerprint density at radius 3 is 2.59 bits per heavy atom. The zero-order chi connectivity index (χ0) is 23.4. The lowest BCUT2D eigenvalue weighted by Crippen LogP contribution is -2.44. The molecule has 176 valence electrons. The van der Waals surface area contributed by atoms with E-state index in [0.717, 1.165) is 29.6 Å². The molecule has 2 aliphatic heterocycles. The number of ether oxygens (including phenoxy) is 1. The number of rotatable bonds is 2. The van der Waals surface area contributed by atoms with Crippen LogP contribution in [0.5, 0.6) is 0 Å². The lowest BCUT2D eigenvalue weighted by molar-refractivity contribution is -0.172. The summed E-state index contributed by atoms with van der Waals surface area (Å²) in [5.74, 6) is -0.245. The molecule has 3 aromatic rings. The van der Waals surface area contributed by atoms with Gasteiger partial charge >= 0.3 is 5.97 Å². The van der Waals surface area contributed by atoms with Crippen molar-refractivity contribution in [1.82, 2.24) is 9.55 Å². The fourth-order valence-corrected chi connectivity index (χ4v) is 6.27. The zero-order valence-electron chi connectivity index (χ0n) is 19.6. The van der Waals surface area contributed by atoms with E-state index in [1.54, 1.807) is 11.5 Å². The van der Waals surface area contributed by atoms with Gasteiger partial charge in [-0.15, -0.1) is 0 Å². The molecule has 34 heavy (non-hydrogen) atoms. The van der Waals surface area contributed by atoms with Crippen molar-refractivity contribution in [1.29, 1.82) is 0 Å². The Balaban J connectivity index is 1.60. The van der Waals surface area contributed by atoms with Gasteiger partial charge in [0.2, 0.25) is 0 Å². The molecule has 6 nitrogen and oxygen atoms in total. The molecule has 0 bridgehead atoms. The third kappa shape index (κ3) is 3.08. The maximum absolute atomic E-state index is 13.6. The van der Waals surface area contributed by atoms with Gasteiger partial charge in [0.25, 0.3) is 5.56 Å². The third-order valence-electron chi connectivity index (χ3n) is 8.15. The number of esters is 1. The normalized spacial score (nSPS) is 22.5. The maximum atomic E-state index is 13.6. The topological polar surface area (TPSA) is 81.4 Å². The van der Waals surface area contributed by atoms with Crippen LogP contribution in [0, 0.1) is 0 Å². The van der Waals surface area contributed by atoms with Crippen LogP contribution in [-0.4, -0.2) is 20.6 Å². The van der Waals surface area contributed by atoms with Crippen LogP contribution in [0.15, 0.2) is 35.1 Å². The highest BCUT2D eigenvalue weighted by molar-refractivity contribution is 5.89. The zero-order valence-corrected chi connectivity index (χ0v) is 19.6. The van der Waals surface area contributed by atoms with E-state index in [-0.39, 0.29) is 18.6 Å². The lowest BCUT2D eigenvalue weighted by atomic mass is 9.81. The first-order chi connectivity index (χ1) is 16.5. The number of nitrogens with zero attached hydrogens (tertiary/aromatic N) is 2. The predicted octanol–water partition coefficient (Wildman–Crippen LogP) is 4.91. The molecular formula is C28H30N2O4. The average molecular weight is 459 g/mol. The van der Waals surface area contributed by atoms with Gasteiger partial charge in [-0.25, -0.2) is 9.78 Å². The molecule has 6 heteroatoms. The first kappa shape index (κ1) is 21.5. The van der Waals surface area contributed by atoms with E-state index in [2.05, 4.69) is 12.1 Å². The highest BCUT2D eigenvalue weighted by atomic mass is 16.6. The number of aromatic nitrogens is 2. The summed E-state index contributed by atoms with van der Waals surface area (Å²) in [6, 6.07) is 10.1. The number of hydrogen-bond acceptors (Lipinski definition) is 5. The van der Waals surface area contributed by atoms with E-state index >= 15 is 0 Å². The fourth-order valence-electron chi connectivity index (χ4n) is 6.27. The Kier molecular flexibility index (Phi) is 5.10. The summed E-state index contributed by atoms with van der Waals surface area (Å²) in [5, 5.41) is 12.3. The van der Waals surface area contributed by atoms with Gasteiger partial charge in [-0.3, -0.25) is 4.79 Å². The van der Waals surface area contributed by atoms with E-state index in [4.69, 9.17) is 9.72 Å². The summed E-state index contributed by atoms with van der Waals surface area (Å²) in [6.07, 6.45) is 8.76. The van der Waals surface area contributed by atoms with Gasteiger partial charge in [-0.1, -0.05) is 57.2 Å². The maximum Gasteiger partial charge on any atom is 0.343 e. The molecule has 0 amide bonds. The molecule has 4 heterocycles. The number of cyclic esters (lactones) is 1. The van der Waals surface area contributed by atoms with Crippen molar-refractivity contribution in [2.45, 2.75) is 83.0 Å². The van der Waals surface area contributed by atoms with Gasteiger partial charge in [-0.05, 0) is 42.9 Å². The summed E-state index contributed by atoms with van der Waals surface area (Å²) in [5.41, 5.74) is 3.64. The van der Waals surface area contributed by atoms with Gasteiger partial charge in [-0.2, -0.15) is 0 Å². The van der Waals surface area contributed by atoms with E-state index in [1.165, 1.54) is 43.1 Å². The van der Waals surface area contributed by atoms with Crippen LogP contribution in [0.1, 0.15) is 86.5 Å². The van der Waals surface area contributed by atoms with E-state index in [9.17, 15) is 14.7 Å². The average Bonchev–Trinajstić information content (AvgIpc) is 3.19. The van der Waals surface area contributed by atoms with Crippen LogP contribution in [-0.2, 0) is 28.3 Å². The van der Waals surface area contributed by atoms with Gasteiger partial charge in [0, 0.05) is 16.5 Å². The standard InChI is InChI=1S/C28H30N2O4/c1-2-28(33)21-14-23-25-19(15-30(23)26(31)20(21)16-34-27(28)32)24(17-10-6-4-3-5-7-11-17)18-12-8-9-13-22(18)29-25/h8-9,12-14,17,33H,2-7,10-11,15-16H2,1H3/t28-/m0/s1. The van der Waals surface area contributed by atoms with Crippen LogP contribution in [0.4, 0.5) is 0 Å². The van der Waals surface area contributed by atoms with Crippen LogP contribution >= 0.6 is 0 Å². The molecule has 1 aliphatic carbocycles. The number of hydrogen-bond donors (Lipinski definition) is 1. The second-order valence-corrected chi connectivity index (χ2v) is 10.0. The molecule has 1 aromatic carbocycles. The second-order valence-electron chi connectivity index (χ2n) is 10.0. The molecular weight excluding hydrogens is 428 g/mol. The van der Waals surface area contributed by atoms with Crippen molar-refractivity contribution >= 4 is 16.9 Å². The van der Waals surface area contributed by atoms with Gasteiger partial charge < -0.3 is 14.4 Å². The van der Waals surface area contributed by atoms with Gasteiger partial charge in [0.1, 0.15) is 6.61 Å². The lowest BCUT2D eigenvalue weighted by Gasteiger charge is -2.31. The predicted molar refractivity (Wildman–Crippen MR) is 130 cm³/mol. The van der Waals surface area contributed by atoms with Crippen molar-refractivity contribution in [3.05, 3.63) is 62.9 Å². The molecule has 1 saturated carbocycles. The quantitative estimate of drug-likeness (QED) is 0.432. The Labute approximate surface area is 198 Å². The Morgan fingerprint density at radius 2 is 1.82 bits per heavy atom. The van der Waals surface area contributed by atoms with Gasteiger partial charge in [0.05, 0.1) is 29.0 Å². The van der Waals surface area contributed by atoms with E-state index in [1.807, 2.05) is 18.2 Å². The summed E-state index contributed by atoms with van der Waals surface area (Å²) in [6.45, 7) is 2.10. The fraction of sp³-hybridized carbons (Fsp3) is 0.464. The molecule has 1 N–H and O–H groups in total. The van der Waals surface area contributed by atoms with Crippen LogP contribution < -0.4 is 5.56 Å². The SMILES string of the molecule is CC[C@@]1(O)C(=O)OCc2c1cc1n(c2=O)Cc2c-1nc1ccccc1c2C1CCCCCCC1. The van der Waals surface area contributed by atoms with Gasteiger partial charge in [0.15, 0.2) is 5.60 Å². The third-order valence-corrected chi connectivity index (χ3v) is 8.15. The van der Waals surface area contributed by atoms with Crippen LogP contribution in [0.25, 0.3) is 22.3 Å². The Bertz CT molecular complexity index is 1370. The van der Waals surface area contributed by atoms with Crippen molar-refractivity contribution in [2.75, 3.05) is 0 Å². The largest absolute Gasteiger partial charge is 0.458 e. The minimum Gasteiger partial charge on any atom is -0.458 e. The van der Waals surface area contributed by atoms with Crippen molar-refractivity contribution in [3.8, 4) is 11.4 Å². The molecule has 0 unspecified atom stereocenters. The molecule has 1 fully saturated rings. The number of carbonyl (C=O) groups is 1. The molecule has 1 atom stereocenters.